The normalized spacial score (nSPS) is 12.1. The number of para-hydroxylation sites is 2. The van der Waals surface area contributed by atoms with Crippen LogP contribution in [-0.4, -0.2) is 27.0 Å². The third-order valence-electron chi connectivity index (χ3n) is 4.81. The number of hydrogen-bond donors (Lipinski definition) is 1. The third kappa shape index (κ3) is 5.24. The minimum absolute atomic E-state index is 0.153. The molecule has 0 fully saturated rings. The molecule has 6 nitrogen and oxygen atoms in total. The summed E-state index contributed by atoms with van der Waals surface area (Å²) in [5, 5.41) is 2.76. The number of rotatable bonds is 8. The van der Waals surface area contributed by atoms with E-state index in [1.165, 1.54) is 16.4 Å². The molecule has 0 heterocycles. The van der Waals surface area contributed by atoms with Crippen molar-refractivity contribution in [1.82, 2.24) is 0 Å². The highest BCUT2D eigenvalue weighted by atomic mass is 32.2. The molecule has 0 aliphatic rings. The highest BCUT2D eigenvalue weighted by Gasteiger charge is 2.23. The maximum absolute atomic E-state index is 13.1. The number of ether oxygens (including phenoxy) is 1. The topological polar surface area (TPSA) is 75.7 Å². The van der Waals surface area contributed by atoms with Crippen LogP contribution in [0.5, 0.6) is 5.75 Å². The van der Waals surface area contributed by atoms with Gasteiger partial charge in [-0.25, -0.2) is 8.42 Å². The first-order chi connectivity index (χ1) is 14.8. The first-order valence-corrected chi connectivity index (χ1v) is 11.5. The molecule has 0 saturated heterocycles. The maximum atomic E-state index is 13.1. The zero-order valence-corrected chi connectivity index (χ0v) is 18.6. The van der Waals surface area contributed by atoms with Crippen LogP contribution in [0.3, 0.4) is 0 Å². The first kappa shape index (κ1) is 22.4. The van der Waals surface area contributed by atoms with Gasteiger partial charge in [-0.1, -0.05) is 36.4 Å². The Balaban J connectivity index is 1.70. The number of aryl methyl sites for hydroxylation is 1. The Kier molecular flexibility index (Phi) is 6.97. The standard InChI is InChI=1S/C24H26N2O4S/c1-4-26(21-11-6-5-7-12-21)31(28,29)22-16-14-20(15-17-22)25-24(27)19(3)30-23-13-9-8-10-18(23)2/h5-17,19H,4H2,1-3H3,(H,25,27). The Morgan fingerprint density at radius 3 is 2.19 bits per heavy atom. The lowest BCUT2D eigenvalue weighted by Crippen LogP contribution is -2.31. The molecule has 162 valence electrons. The smallest absolute Gasteiger partial charge is 0.265 e. The van der Waals surface area contributed by atoms with E-state index in [1.54, 1.807) is 50.2 Å². The number of nitrogens with zero attached hydrogens (tertiary/aromatic N) is 1. The molecule has 0 bridgehead atoms. The van der Waals surface area contributed by atoms with Crippen molar-refractivity contribution in [3.63, 3.8) is 0 Å². The van der Waals surface area contributed by atoms with Crippen molar-refractivity contribution < 1.29 is 17.9 Å². The summed E-state index contributed by atoms with van der Waals surface area (Å²) in [6.07, 6.45) is -0.710. The Morgan fingerprint density at radius 1 is 0.968 bits per heavy atom. The second kappa shape index (κ2) is 9.66. The molecule has 3 rings (SSSR count). The van der Waals surface area contributed by atoms with Crippen LogP contribution in [0.4, 0.5) is 11.4 Å². The van der Waals surface area contributed by atoms with E-state index < -0.39 is 16.1 Å². The number of sulfonamides is 1. The molecule has 1 atom stereocenters. The van der Waals surface area contributed by atoms with Gasteiger partial charge in [-0.3, -0.25) is 9.10 Å². The molecule has 31 heavy (non-hydrogen) atoms. The highest BCUT2D eigenvalue weighted by Crippen LogP contribution is 2.24. The van der Waals surface area contributed by atoms with Crippen molar-refractivity contribution in [2.75, 3.05) is 16.2 Å². The number of hydrogen-bond acceptors (Lipinski definition) is 4. The van der Waals surface area contributed by atoms with Gasteiger partial charge in [0.05, 0.1) is 10.6 Å². The lowest BCUT2D eigenvalue weighted by Gasteiger charge is -2.23. The van der Waals surface area contributed by atoms with E-state index in [0.717, 1.165) is 5.56 Å². The van der Waals surface area contributed by atoms with E-state index in [0.29, 0.717) is 23.7 Å². The number of carbonyl (C=O) groups excluding carboxylic acids is 1. The van der Waals surface area contributed by atoms with E-state index in [9.17, 15) is 13.2 Å². The van der Waals surface area contributed by atoms with Gasteiger partial charge < -0.3 is 10.1 Å². The summed E-state index contributed by atoms with van der Waals surface area (Å²) in [5.74, 6) is 0.325. The largest absolute Gasteiger partial charge is 0.481 e. The van der Waals surface area contributed by atoms with Crippen LogP contribution in [0.15, 0.2) is 83.8 Å². The van der Waals surface area contributed by atoms with Crippen molar-refractivity contribution in [3.05, 3.63) is 84.4 Å². The zero-order valence-electron chi connectivity index (χ0n) is 17.8. The molecule has 0 aromatic heterocycles. The minimum Gasteiger partial charge on any atom is -0.481 e. The van der Waals surface area contributed by atoms with E-state index in [2.05, 4.69) is 5.32 Å². The fourth-order valence-electron chi connectivity index (χ4n) is 3.10. The molecular formula is C24H26N2O4S. The van der Waals surface area contributed by atoms with Crippen LogP contribution in [0.2, 0.25) is 0 Å². The molecule has 0 spiro atoms. The number of amides is 1. The molecule has 1 amide bonds. The van der Waals surface area contributed by atoms with Gasteiger partial charge in [0.1, 0.15) is 5.75 Å². The Bertz CT molecular complexity index is 1130. The van der Waals surface area contributed by atoms with Gasteiger partial charge in [0.15, 0.2) is 6.10 Å². The molecule has 3 aromatic carbocycles. The Morgan fingerprint density at radius 2 is 1.58 bits per heavy atom. The molecular weight excluding hydrogens is 412 g/mol. The van der Waals surface area contributed by atoms with Gasteiger partial charge >= 0.3 is 0 Å². The van der Waals surface area contributed by atoms with Crippen molar-refractivity contribution in [2.24, 2.45) is 0 Å². The van der Waals surface area contributed by atoms with Crippen molar-refractivity contribution in [3.8, 4) is 5.75 Å². The zero-order chi connectivity index (χ0) is 22.4. The quantitative estimate of drug-likeness (QED) is 0.557. The van der Waals surface area contributed by atoms with Crippen molar-refractivity contribution in [1.29, 1.82) is 0 Å². The van der Waals surface area contributed by atoms with E-state index in [-0.39, 0.29) is 10.8 Å². The molecule has 7 heteroatoms. The Labute approximate surface area is 183 Å². The summed E-state index contributed by atoms with van der Waals surface area (Å²) >= 11 is 0. The van der Waals surface area contributed by atoms with Crippen LogP contribution in [0.25, 0.3) is 0 Å². The van der Waals surface area contributed by atoms with Crippen molar-refractivity contribution in [2.45, 2.75) is 31.8 Å². The first-order valence-electron chi connectivity index (χ1n) is 10.0. The number of carbonyl (C=O) groups is 1. The van der Waals surface area contributed by atoms with Gasteiger partial charge in [-0.15, -0.1) is 0 Å². The molecule has 0 radical (unpaired) electrons. The summed E-state index contributed by atoms with van der Waals surface area (Å²) in [6, 6.07) is 22.5. The predicted molar refractivity (Wildman–Crippen MR) is 123 cm³/mol. The lowest BCUT2D eigenvalue weighted by molar-refractivity contribution is -0.122. The van der Waals surface area contributed by atoms with Crippen LogP contribution < -0.4 is 14.4 Å². The molecule has 1 unspecified atom stereocenters. The number of nitrogens with one attached hydrogen (secondary N) is 1. The lowest BCUT2D eigenvalue weighted by atomic mass is 10.2. The third-order valence-corrected chi connectivity index (χ3v) is 6.72. The molecule has 0 aliphatic heterocycles. The number of anilines is 2. The van der Waals surface area contributed by atoms with Crippen LogP contribution in [0, 0.1) is 6.92 Å². The molecule has 0 saturated carbocycles. The minimum atomic E-state index is -3.72. The predicted octanol–water partition coefficient (Wildman–Crippen LogP) is 4.62. The summed E-state index contributed by atoms with van der Waals surface area (Å²) in [5.41, 5.74) is 2.03. The average Bonchev–Trinajstić information content (AvgIpc) is 2.76. The van der Waals surface area contributed by atoms with Gasteiger partial charge in [-0.2, -0.15) is 0 Å². The van der Waals surface area contributed by atoms with E-state index >= 15 is 0 Å². The fraction of sp³-hybridized carbons (Fsp3) is 0.208. The monoisotopic (exact) mass is 438 g/mol. The summed E-state index contributed by atoms with van der Waals surface area (Å²) < 4.78 is 33.2. The molecule has 0 aliphatic carbocycles. The van der Waals surface area contributed by atoms with E-state index in [1.807, 2.05) is 37.3 Å². The molecule has 1 N–H and O–H groups in total. The van der Waals surface area contributed by atoms with Gasteiger partial charge in [0.25, 0.3) is 15.9 Å². The SMILES string of the molecule is CCN(c1ccccc1)S(=O)(=O)c1ccc(NC(=O)C(C)Oc2ccccc2C)cc1. The van der Waals surface area contributed by atoms with E-state index in [4.69, 9.17) is 4.74 Å². The fourth-order valence-corrected chi connectivity index (χ4v) is 4.57. The van der Waals surface area contributed by atoms with Crippen LogP contribution in [-0.2, 0) is 14.8 Å². The van der Waals surface area contributed by atoms with Gasteiger partial charge in [0, 0.05) is 12.2 Å². The van der Waals surface area contributed by atoms with Gasteiger partial charge in [0.2, 0.25) is 0 Å². The van der Waals surface area contributed by atoms with Crippen LogP contribution >= 0.6 is 0 Å². The second-order valence-electron chi connectivity index (χ2n) is 7.04. The van der Waals surface area contributed by atoms with Crippen molar-refractivity contribution >= 4 is 27.3 Å². The highest BCUT2D eigenvalue weighted by molar-refractivity contribution is 7.92. The molecule has 3 aromatic rings. The van der Waals surface area contributed by atoms with Gasteiger partial charge in [-0.05, 0) is 68.8 Å². The maximum Gasteiger partial charge on any atom is 0.265 e. The van der Waals surface area contributed by atoms with Crippen LogP contribution in [0.1, 0.15) is 19.4 Å². The Hall–Kier alpha value is -3.32. The summed E-state index contributed by atoms with van der Waals surface area (Å²) in [6.45, 7) is 5.67. The second-order valence-corrected chi connectivity index (χ2v) is 8.91. The average molecular weight is 439 g/mol. The summed E-state index contributed by atoms with van der Waals surface area (Å²) in [7, 11) is -3.72. The summed E-state index contributed by atoms with van der Waals surface area (Å²) in [4.78, 5) is 12.6. The number of benzene rings is 3.